The van der Waals surface area contributed by atoms with Gasteiger partial charge in [0.15, 0.2) is 11.5 Å². The SMILES string of the molecule is N#Cc1nccnc1N1CCC(CNC(=O)C2CCC2)CC1. The summed E-state index contributed by atoms with van der Waals surface area (Å²) >= 11 is 0. The fraction of sp³-hybridized carbons (Fsp3) is 0.625. The van der Waals surface area contributed by atoms with E-state index in [4.69, 9.17) is 5.26 Å². The molecular weight excluding hydrogens is 278 g/mol. The van der Waals surface area contributed by atoms with Crippen LogP contribution in [0.3, 0.4) is 0 Å². The number of piperidine rings is 1. The molecule has 2 aliphatic rings. The van der Waals surface area contributed by atoms with E-state index in [2.05, 4.69) is 26.3 Å². The molecule has 0 spiro atoms. The van der Waals surface area contributed by atoms with Crippen LogP contribution in [0.1, 0.15) is 37.8 Å². The Balaban J connectivity index is 1.48. The molecule has 0 radical (unpaired) electrons. The molecule has 1 saturated heterocycles. The first kappa shape index (κ1) is 14.8. The molecule has 22 heavy (non-hydrogen) atoms. The topological polar surface area (TPSA) is 81.9 Å². The first-order chi connectivity index (χ1) is 10.8. The third kappa shape index (κ3) is 3.19. The van der Waals surface area contributed by atoms with Crippen LogP contribution >= 0.6 is 0 Å². The number of nitriles is 1. The zero-order valence-electron chi connectivity index (χ0n) is 12.7. The number of amides is 1. The average molecular weight is 299 g/mol. The van der Waals surface area contributed by atoms with Crippen LogP contribution in [0.4, 0.5) is 5.82 Å². The van der Waals surface area contributed by atoms with Crippen LogP contribution in [-0.4, -0.2) is 35.5 Å². The van der Waals surface area contributed by atoms with Gasteiger partial charge in [-0.3, -0.25) is 4.79 Å². The van der Waals surface area contributed by atoms with Crippen molar-refractivity contribution >= 4 is 11.7 Å². The van der Waals surface area contributed by atoms with Crippen LogP contribution in [0.5, 0.6) is 0 Å². The lowest BCUT2D eigenvalue weighted by atomic mass is 9.84. The van der Waals surface area contributed by atoms with Crippen LogP contribution < -0.4 is 10.2 Å². The Labute approximate surface area is 130 Å². The molecule has 1 aliphatic heterocycles. The summed E-state index contributed by atoms with van der Waals surface area (Å²) in [5.74, 6) is 1.69. The van der Waals surface area contributed by atoms with Crippen molar-refractivity contribution in [3.63, 3.8) is 0 Å². The number of carbonyl (C=O) groups excluding carboxylic acids is 1. The van der Waals surface area contributed by atoms with Gasteiger partial charge in [0.25, 0.3) is 0 Å². The standard InChI is InChI=1S/C16H21N5O/c17-10-14-15(19-7-6-18-14)21-8-4-12(5-9-21)11-20-16(22)13-2-1-3-13/h6-7,12-13H,1-5,8-9,11H2,(H,20,22). The lowest BCUT2D eigenvalue weighted by Gasteiger charge is -2.33. The molecule has 0 unspecified atom stereocenters. The summed E-state index contributed by atoms with van der Waals surface area (Å²) in [7, 11) is 0. The highest BCUT2D eigenvalue weighted by Gasteiger charge is 2.27. The molecule has 116 valence electrons. The molecular formula is C16H21N5O. The van der Waals surface area contributed by atoms with Crippen molar-refractivity contribution in [1.29, 1.82) is 5.26 Å². The minimum absolute atomic E-state index is 0.231. The Bertz CT molecular complexity index is 570. The lowest BCUT2D eigenvalue weighted by Crippen LogP contribution is -2.41. The second-order valence-electron chi connectivity index (χ2n) is 6.14. The first-order valence-corrected chi connectivity index (χ1v) is 8.01. The molecule has 6 nitrogen and oxygen atoms in total. The molecule has 1 amide bonds. The Morgan fingerprint density at radius 2 is 2.00 bits per heavy atom. The zero-order chi connectivity index (χ0) is 15.4. The minimum Gasteiger partial charge on any atom is -0.356 e. The number of anilines is 1. The second-order valence-corrected chi connectivity index (χ2v) is 6.14. The number of hydrogen-bond donors (Lipinski definition) is 1. The lowest BCUT2D eigenvalue weighted by molar-refractivity contribution is -0.127. The van der Waals surface area contributed by atoms with E-state index in [1.54, 1.807) is 12.4 Å². The van der Waals surface area contributed by atoms with Crippen molar-refractivity contribution in [2.45, 2.75) is 32.1 Å². The molecule has 3 rings (SSSR count). The fourth-order valence-electron chi connectivity index (χ4n) is 3.05. The van der Waals surface area contributed by atoms with E-state index >= 15 is 0 Å². The average Bonchev–Trinajstić information content (AvgIpc) is 2.52. The van der Waals surface area contributed by atoms with Gasteiger partial charge in [-0.1, -0.05) is 6.42 Å². The minimum atomic E-state index is 0.231. The molecule has 1 aromatic rings. The molecule has 2 fully saturated rings. The maximum Gasteiger partial charge on any atom is 0.223 e. The van der Waals surface area contributed by atoms with E-state index in [1.807, 2.05) is 0 Å². The third-order valence-electron chi connectivity index (χ3n) is 4.74. The van der Waals surface area contributed by atoms with Crippen LogP contribution in [-0.2, 0) is 4.79 Å². The summed E-state index contributed by atoms with van der Waals surface area (Å²) in [6.45, 7) is 2.49. The van der Waals surface area contributed by atoms with E-state index in [0.717, 1.165) is 45.3 Å². The van der Waals surface area contributed by atoms with Crippen molar-refractivity contribution < 1.29 is 4.79 Å². The summed E-state index contributed by atoms with van der Waals surface area (Å²) in [6, 6.07) is 2.10. The summed E-state index contributed by atoms with van der Waals surface area (Å²) in [5.41, 5.74) is 0.388. The molecule has 1 aliphatic carbocycles. The summed E-state index contributed by atoms with van der Waals surface area (Å²) < 4.78 is 0. The van der Waals surface area contributed by atoms with Gasteiger partial charge in [0.1, 0.15) is 6.07 Å². The summed E-state index contributed by atoms with van der Waals surface area (Å²) in [4.78, 5) is 22.3. The largest absolute Gasteiger partial charge is 0.356 e. The molecule has 2 heterocycles. The van der Waals surface area contributed by atoms with Crippen LogP contribution in [0.2, 0.25) is 0 Å². The quantitative estimate of drug-likeness (QED) is 0.910. The molecule has 0 atom stereocenters. The van der Waals surface area contributed by atoms with Gasteiger partial charge in [-0.2, -0.15) is 5.26 Å². The smallest absolute Gasteiger partial charge is 0.223 e. The van der Waals surface area contributed by atoms with E-state index in [9.17, 15) is 4.79 Å². The highest BCUT2D eigenvalue weighted by atomic mass is 16.1. The first-order valence-electron chi connectivity index (χ1n) is 8.01. The van der Waals surface area contributed by atoms with E-state index < -0.39 is 0 Å². The molecule has 1 aromatic heterocycles. The normalized spacial score (nSPS) is 19.3. The fourth-order valence-corrected chi connectivity index (χ4v) is 3.05. The Kier molecular flexibility index (Phi) is 4.52. The van der Waals surface area contributed by atoms with Crippen LogP contribution in [0, 0.1) is 23.2 Å². The van der Waals surface area contributed by atoms with Crippen molar-refractivity contribution in [2.24, 2.45) is 11.8 Å². The molecule has 1 N–H and O–H groups in total. The Hall–Kier alpha value is -2.16. The van der Waals surface area contributed by atoms with Gasteiger partial charge in [0.05, 0.1) is 0 Å². The summed E-state index contributed by atoms with van der Waals surface area (Å²) in [5, 5.41) is 12.2. The van der Waals surface area contributed by atoms with Crippen molar-refractivity contribution in [1.82, 2.24) is 15.3 Å². The second kappa shape index (κ2) is 6.73. The van der Waals surface area contributed by atoms with E-state index in [1.165, 1.54) is 6.42 Å². The van der Waals surface area contributed by atoms with E-state index in [-0.39, 0.29) is 11.8 Å². The van der Waals surface area contributed by atoms with Gasteiger partial charge in [0.2, 0.25) is 5.91 Å². The van der Waals surface area contributed by atoms with E-state index in [0.29, 0.717) is 17.4 Å². The van der Waals surface area contributed by atoms with Crippen molar-refractivity contribution in [3.8, 4) is 6.07 Å². The van der Waals surface area contributed by atoms with Gasteiger partial charge in [-0.15, -0.1) is 0 Å². The van der Waals surface area contributed by atoms with Gasteiger partial charge in [-0.05, 0) is 31.6 Å². The predicted molar refractivity (Wildman–Crippen MR) is 82.0 cm³/mol. The number of rotatable bonds is 4. The maximum atomic E-state index is 11.9. The number of hydrogen-bond acceptors (Lipinski definition) is 5. The zero-order valence-corrected chi connectivity index (χ0v) is 12.7. The van der Waals surface area contributed by atoms with Crippen molar-refractivity contribution in [2.75, 3.05) is 24.5 Å². The monoisotopic (exact) mass is 299 g/mol. The van der Waals surface area contributed by atoms with Crippen molar-refractivity contribution in [3.05, 3.63) is 18.1 Å². The maximum absolute atomic E-state index is 11.9. The van der Waals surface area contributed by atoms with Crippen LogP contribution in [0.25, 0.3) is 0 Å². The predicted octanol–water partition coefficient (Wildman–Crippen LogP) is 1.48. The third-order valence-corrected chi connectivity index (χ3v) is 4.74. The molecule has 0 aromatic carbocycles. The highest BCUT2D eigenvalue weighted by Crippen LogP contribution is 2.27. The molecule has 0 bridgehead atoms. The Morgan fingerprint density at radius 1 is 1.27 bits per heavy atom. The van der Waals surface area contributed by atoms with Gasteiger partial charge in [0, 0.05) is 37.9 Å². The van der Waals surface area contributed by atoms with Gasteiger partial charge >= 0.3 is 0 Å². The Morgan fingerprint density at radius 3 is 2.64 bits per heavy atom. The summed E-state index contributed by atoms with van der Waals surface area (Å²) in [6.07, 6.45) is 8.47. The number of nitrogens with zero attached hydrogens (tertiary/aromatic N) is 4. The number of carbonyl (C=O) groups is 1. The number of aromatic nitrogens is 2. The number of nitrogens with one attached hydrogen (secondary N) is 1. The molecule has 1 saturated carbocycles. The van der Waals surface area contributed by atoms with Gasteiger partial charge < -0.3 is 10.2 Å². The van der Waals surface area contributed by atoms with Crippen LogP contribution in [0.15, 0.2) is 12.4 Å². The molecule has 6 heteroatoms. The highest BCUT2D eigenvalue weighted by molar-refractivity contribution is 5.79. The van der Waals surface area contributed by atoms with Gasteiger partial charge in [-0.25, -0.2) is 9.97 Å².